The van der Waals surface area contributed by atoms with Gasteiger partial charge in [0.05, 0.1) is 4.47 Å². The van der Waals surface area contributed by atoms with E-state index >= 15 is 0 Å². The van der Waals surface area contributed by atoms with Gasteiger partial charge in [-0.15, -0.1) is 0 Å². The summed E-state index contributed by atoms with van der Waals surface area (Å²) in [5.41, 5.74) is 0. The Hall–Kier alpha value is -1.14. The van der Waals surface area contributed by atoms with E-state index in [-0.39, 0.29) is 0 Å². The van der Waals surface area contributed by atoms with Crippen LogP contribution in [0.5, 0.6) is 11.6 Å². The van der Waals surface area contributed by atoms with E-state index in [0.29, 0.717) is 11.6 Å². The monoisotopic (exact) mass is 385 g/mol. The summed E-state index contributed by atoms with van der Waals surface area (Å²) in [4.78, 5) is 8.23. The highest BCUT2D eigenvalue weighted by Crippen LogP contribution is 2.31. The smallest absolute Gasteiger partial charge is 0.224 e. The fraction of sp³-hybridized carbons (Fsp3) is 0.231. The van der Waals surface area contributed by atoms with Crippen molar-refractivity contribution in [3.05, 3.63) is 39.5 Å². The second kappa shape index (κ2) is 6.86. The maximum atomic E-state index is 5.73. The molecule has 0 aliphatic rings. The molecule has 19 heavy (non-hydrogen) atoms. The molecule has 0 radical (unpaired) electrons. The highest BCUT2D eigenvalue weighted by Gasteiger charge is 2.05. The number of halogens is 2. The maximum Gasteiger partial charge on any atom is 0.224 e. The highest BCUT2D eigenvalue weighted by molar-refractivity contribution is 9.11. The van der Waals surface area contributed by atoms with Crippen LogP contribution in [0, 0.1) is 0 Å². The van der Waals surface area contributed by atoms with Crippen LogP contribution in [0.25, 0.3) is 0 Å². The molecule has 1 N–H and O–H groups in total. The van der Waals surface area contributed by atoms with Gasteiger partial charge in [0.15, 0.2) is 0 Å². The van der Waals surface area contributed by atoms with Gasteiger partial charge >= 0.3 is 0 Å². The summed E-state index contributed by atoms with van der Waals surface area (Å²) in [5.74, 6) is 1.99. The standard InChI is InChI=1S/C13H13Br2N3O/c1-2-5-16-12-7-13(18-8-17-12)19-11-4-3-9(14)6-10(11)15/h3-4,6-8H,2,5H2,1H3,(H,16,17,18). The quantitative estimate of drug-likeness (QED) is 0.814. The lowest BCUT2D eigenvalue weighted by Crippen LogP contribution is -2.02. The van der Waals surface area contributed by atoms with Crippen molar-refractivity contribution in [1.29, 1.82) is 0 Å². The lowest BCUT2D eigenvalue weighted by molar-refractivity contribution is 0.459. The minimum atomic E-state index is 0.511. The van der Waals surface area contributed by atoms with Crippen molar-refractivity contribution in [2.45, 2.75) is 13.3 Å². The van der Waals surface area contributed by atoms with Gasteiger partial charge in [0.25, 0.3) is 0 Å². The molecule has 0 spiro atoms. The molecule has 0 bridgehead atoms. The van der Waals surface area contributed by atoms with Crippen molar-refractivity contribution >= 4 is 37.7 Å². The molecule has 0 amide bonds. The molecule has 0 unspecified atom stereocenters. The first-order valence-corrected chi connectivity index (χ1v) is 7.46. The van der Waals surface area contributed by atoms with Crippen molar-refractivity contribution < 1.29 is 4.74 Å². The summed E-state index contributed by atoms with van der Waals surface area (Å²) < 4.78 is 7.58. The number of aromatic nitrogens is 2. The Morgan fingerprint density at radius 3 is 2.79 bits per heavy atom. The molecule has 0 aliphatic carbocycles. The van der Waals surface area contributed by atoms with Crippen LogP contribution in [0.4, 0.5) is 5.82 Å². The molecule has 4 nitrogen and oxygen atoms in total. The molecule has 2 aromatic rings. The second-order valence-corrected chi connectivity index (χ2v) is 5.62. The van der Waals surface area contributed by atoms with E-state index in [1.807, 2.05) is 18.2 Å². The number of ether oxygens (including phenoxy) is 1. The third-order valence-electron chi connectivity index (χ3n) is 2.31. The predicted octanol–water partition coefficient (Wildman–Crippen LogP) is 4.62. The second-order valence-electron chi connectivity index (χ2n) is 3.85. The molecule has 1 heterocycles. The number of hydrogen-bond acceptors (Lipinski definition) is 4. The van der Waals surface area contributed by atoms with Crippen molar-refractivity contribution in [2.75, 3.05) is 11.9 Å². The van der Waals surface area contributed by atoms with Gasteiger partial charge < -0.3 is 10.1 Å². The number of benzene rings is 1. The van der Waals surface area contributed by atoms with Crippen LogP contribution in [-0.4, -0.2) is 16.5 Å². The highest BCUT2D eigenvalue weighted by atomic mass is 79.9. The Morgan fingerprint density at radius 2 is 2.05 bits per heavy atom. The Kier molecular flexibility index (Phi) is 5.15. The zero-order valence-electron chi connectivity index (χ0n) is 10.4. The molecular weight excluding hydrogens is 374 g/mol. The number of anilines is 1. The molecule has 0 saturated heterocycles. The van der Waals surface area contributed by atoms with Gasteiger partial charge in [-0.2, -0.15) is 0 Å². The van der Waals surface area contributed by atoms with Crippen molar-refractivity contribution in [2.24, 2.45) is 0 Å². The van der Waals surface area contributed by atoms with Crippen molar-refractivity contribution in [1.82, 2.24) is 9.97 Å². The molecule has 2 rings (SSSR count). The van der Waals surface area contributed by atoms with E-state index in [0.717, 1.165) is 27.7 Å². The third kappa shape index (κ3) is 4.18. The van der Waals surface area contributed by atoms with Crippen LogP contribution < -0.4 is 10.1 Å². The summed E-state index contributed by atoms with van der Waals surface area (Å²) in [6.45, 7) is 2.98. The Labute approximate surface area is 128 Å². The van der Waals surface area contributed by atoms with Gasteiger partial charge in [0, 0.05) is 17.1 Å². The van der Waals surface area contributed by atoms with Gasteiger partial charge in [-0.05, 0) is 40.5 Å². The third-order valence-corrected chi connectivity index (χ3v) is 3.42. The molecule has 0 fully saturated rings. The Bertz CT molecular complexity index is 563. The van der Waals surface area contributed by atoms with Crippen LogP contribution in [0.3, 0.4) is 0 Å². The molecule has 0 atom stereocenters. The van der Waals surface area contributed by atoms with Crippen molar-refractivity contribution in [3.63, 3.8) is 0 Å². The largest absolute Gasteiger partial charge is 0.438 e. The number of hydrogen-bond donors (Lipinski definition) is 1. The van der Waals surface area contributed by atoms with E-state index < -0.39 is 0 Å². The minimum absolute atomic E-state index is 0.511. The molecule has 6 heteroatoms. The average Bonchev–Trinajstić information content (AvgIpc) is 2.40. The normalized spacial score (nSPS) is 10.3. The van der Waals surface area contributed by atoms with E-state index in [1.54, 1.807) is 6.07 Å². The fourth-order valence-electron chi connectivity index (χ4n) is 1.42. The van der Waals surface area contributed by atoms with Gasteiger partial charge in [-0.1, -0.05) is 22.9 Å². The van der Waals surface area contributed by atoms with Gasteiger partial charge in [0.1, 0.15) is 17.9 Å². The summed E-state index contributed by atoms with van der Waals surface area (Å²) >= 11 is 6.85. The maximum absolute atomic E-state index is 5.73. The minimum Gasteiger partial charge on any atom is -0.438 e. The fourth-order valence-corrected chi connectivity index (χ4v) is 2.54. The SMILES string of the molecule is CCCNc1cc(Oc2ccc(Br)cc2Br)ncn1. The van der Waals surface area contributed by atoms with E-state index in [2.05, 4.69) is 54.1 Å². The molecule has 0 aliphatic heterocycles. The summed E-state index contributed by atoms with van der Waals surface area (Å²) in [5, 5.41) is 3.19. The zero-order valence-corrected chi connectivity index (χ0v) is 13.5. The summed E-state index contributed by atoms with van der Waals surface area (Å²) in [6.07, 6.45) is 2.53. The van der Waals surface area contributed by atoms with Crippen LogP contribution in [0.2, 0.25) is 0 Å². The number of rotatable bonds is 5. The lowest BCUT2D eigenvalue weighted by Gasteiger charge is -2.08. The van der Waals surface area contributed by atoms with Gasteiger partial charge in [-0.3, -0.25) is 0 Å². The van der Waals surface area contributed by atoms with E-state index in [9.17, 15) is 0 Å². The van der Waals surface area contributed by atoms with Crippen molar-refractivity contribution in [3.8, 4) is 11.6 Å². The van der Waals surface area contributed by atoms with Crippen LogP contribution in [-0.2, 0) is 0 Å². The van der Waals surface area contributed by atoms with E-state index in [4.69, 9.17) is 4.74 Å². The first-order chi connectivity index (χ1) is 9.19. The zero-order chi connectivity index (χ0) is 13.7. The van der Waals surface area contributed by atoms with E-state index in [1.165, 1.54) is 6.33 Å². The van der Waals surface area contributed by atoms with Crippen LogP contribution >= 0.6 is 31.9 Å². The van der Waals surface area contributed by atoms with Gasteiger partial charge in [-0.25, -0.2) is 9.97 Å². The van der Waals surface area contributed by atoms with Crippen LogP contribution in [0.1, 0.15) is 13.3 Å². The Balaban J connectivity index is 2.14. The first-order valence-electron chi connectivity index (χ1n) is 5.88. The molecule has 1 aromatic carbocycles. The Morgan fingerprint density at radius 1 is 1.21 bits per heavy atom. The summed E-state index contributed by atoms with van der Waals surface area (Å²) in [6, 6.07) is 7.49. The topological polar surface area (TPSA) is 47.0 Å². The molecule has 1 aromatic heterocycles. The lowest BCUT2D eigenvalue weighted by atomic mass is 10.3. The summed E-state index contributed by atoms with van der Waals surface area (Å²) in [7, 11) is 0. The number of nitrogens with zero attached hydrogens (tertiary/aromatic N) is 2. The number of nitrogens with one attached hydrogen (secondary N) is 1. The van der Waals surface area contributed by atoms with Crippen LogP contribution in [0.15, 0.2) is 39.5 Å². The van der Waals surface area contributed by atoms with Gasteiger partial charge in [0.2, 0.25) is 5.88 Å². The predicted molar refractivity (Wildman–Crippen MR) is 82.7 cm³/mol. The molecule has 100 valence electrons. The first kappa shape index (κ1) is 14.3. The average molecular weight is 387 g/mol. The molecular formula is C13H13Br2N3O. The molecule has 0 saturated carbocycles.